The molecule has 0 amide bonds. The molecule has 0 fully saturated rings. The van der Waals surface area contributed by atoms with Crippen molar-refractivity contribution in [3.63, 3.8) is 0 Å². The first-order valence-electron chi connectivity index (χ1n) is 8.79. The molecule has 0 unspecified atom stereocenters. The number of rotatable bonds is 7. The quantitative estimate of drug-likeness (QED) is 0.426. The number of benzene rings is 3. The number of nitro groups is 1. The summed E-state index contributed by atoms with van der Waals surface area (Å²) in [6, 6.07) is 19.8. The summed E-state index contributed by atoms with van der Waals surface area (Å²) in [5, 5.41) is 11.3. The van der Waals surface area contributed by atoms with Crippen LogP contribution in [0.15, 0.2) is 77.7 Å². The highest BCUT2D eigenvalue weighted by Crippen LogP contribution is 2.32. The van der Waals surface area contributed by atoms with Crippen LogP contribution < -0.4 is 9.04 Å². The molecule has 0 aliphatic carbocycles. The summed E-state index contributed by atoms with van der Waals surface area (Å²) in [5.41, 5.74) is 1.08. The Balaban J connectivity index is 2.14. The zero-order chi connectivity index (χ0) is 21.0. The molecule has 0 N–H and O–H groups in total. The van der Waals surface area contributed by atoms with Gasteiger partial charge >= 0.3 is 0 Å². The Morgan fingerprint density at radius 3 is 2.21 bits per heavy atom. The first kappa shape index (κ1) is 20.3. The first-order chi connectivity index (χ1) is 13.8. The van der Waals surface area contributed by atoms with Gasteiger partial charge in [0.05, 0.1) is 29.2 Å². The van der Waals surface area contributed by atoms with Crippen LogP contribution in [-0.4, -0.2) is 20.5 Å². The molecule has 29 heavy (non-hydrogen) atoms. The van der Waals surface area contributed by atoms with Gasteiger partial charge in [-0.1, -0.05) is 36.4 Å². The topological polar surface area (TPSA) is 89.8 Å². The van der Waals surface area contributed by atoms with E-state index in [2.05, 4.69) is 0 Å². The lowest BCUT2D eigenvalue weighted by atomic mass is 10.2. The molecule has 0 heterocycles. The summed E-state index contributed by atoms with van der Waals surface area (Å²) < 4.78 is 33.5. The maximum atomic E-state index is 13.6. The molecule has 0 saturated heterocycles. The molecule has 0 spiro atoms. The fraction of sp³-hybridized carbons (Fsp3) is 0.143. The summed E-state index contributed by atoms with van der Waals surface area (Å²) in [6.07, 6.45) is 0. The summed E-state index contributed by atoms with van der Waals surface area (Å²) in [5.74, 6) is 0.595. The van der Waals surface area contributed by atoms with Gasteiger partial charge in [-0.05, 0) is 42.8 Å². The third-order valence-corrected chi connectivity index (χ3v) is 6.47. The van der Waals surface area contributed by atoms with Gasteiger partial charge in [0.1, 0.15) is 5.75 Å². The number of ether oxygens (including phenoxy) is 1. The molecule has 0 radical (unpaired) electrons. The largest absolute Gasteiger partial charge is 0.497 e. The lowest BCUT2D eigenvalue weighted by Crippen LogP contribution is -2.31. The summed E-state index contributed by atoms with van der Waals surface area (Å²) in [6.45, 7) is 1.53. The normalized spacial score (nSPS) is 11.1. The Morgan fingerprint density at radius 1 is 0.966 bits per heavy atom. The van der Waals surface area contributed by atoms with E-state index in [1.54, 1.807) is 24.3 Å². The highest BCUT2D eigenvalue weighted by molar-refractivity contribution is 7.92. The molecule has 0 bridgehead atoms. The fourth-order valence-electron chi connectivity index (χ4n) is 3.01. The molecule has 3 aromatic rings. The van der Waals surface area contributed by atoms with Crippen LogP contribution in [0, 0.1) is 17.0 Å². The van der Waals surface area contributed by atoms with E-state index in [-0.39, 0.29) is 22.7 Å². The van der Waals surface area contributed by atoms with Crippen molar-refractivity contribution < 1.29 is 18.1 Å². The van der Waals surface area contributed by atoms with Crippen LogP contribution in [0.1, 0.15) is 11.1 Å². The minimum atomic E-state index is -4.07. The molecule has 0 aliphatic heterocycles. The molecule has 3 rings (SSSR count). The van der Waals surface area contributed by atoms with Crippen LogP contribution in [-0.2, 0) is 16.6 Å². The van der Waals surface area contributed by atoms with Crippen molar-refractivity contribution >= 4 is 21.4 Å². The Morgan fingerprint density at radius 2 is 1.62 bits per heavy atom. The number of nitro benzene ring substituents is 1. The van der Waals surface area contributed by atoms with Gasteiger partial charge in [-0.2, -0.15) is 0 Å². The SMILES string of the molecule is COc1ccc(N(Cc2ccccc2)S(=O)(=O)c2cccc([N+](=O)[O-])c2C)cc1. The number of nitrogens with zero attached hydrogens (tertiary/aromatic N) is 2. The van der Waals surface area contributed by atoms with Gasteiger partial charge in [0.15, 0.2) is 0 Å². The monoisotopic (exact) mass is 412 g/mol. The molecular weight excluding hydrogens is 392 g/mol. The van der Waals surface area contributed by atoms with Crippen molar-refractivity contribution in [3.8, 4) is 5.75 Å². The van der Waals surface area contributed by atoms with E-state index in [0.29, 0.717) is 11.4 Å². The molecule has 0 atom stereocenters. The first-order valence-corrected chi connectivity index (χ1v) is 10.2. The summed E-state index contributed by atoms with van der Waals surface area (Å²) in [4.78, 5) is 10.6. The van der Waals surface area contributed by atoms with Crippen molar-refractivity contribution in [3.05, 3.63) is 94.0 Å². The summed E-state index contributed by atoms with van der Waals surface area (Å²) in [7, 11) is -2.54. The third-order valence-electron chi connectivity index (χ3n) is 4.55. The number of hydrogen-bond acceptors (Lipinski definition) is 5. The van der Waals surface area contributed by atoms with Crippen LogP contribution >= 0.6 is 0 Å². The Bertz CT molecular complexity index is 1110. The van der Waals surface area contributed by atoms with Gasteiger partial charge in [0, 0.05) is 11.6 Å². The Hall–Kier alpha value is -3.39. The van der Waals surface area contributed by atoms with Gasteiger partial charge < -0.3 is 4.74 Å². The van der Waals surface area contributed by atoms with Gasteiger partial charge in [-0.15, -0.1) is 0 Å². The zero-order valence-corrected chi connectivity index (χ0v) is 16.8. The average molecular weight is 412 g/mol. The Kier molecular flexibility index (Phi) is 5.84. The van der Waals surface area contributed by atoms with Gasteiger partial charge in [0.25, 0.3) is 15.7 Å². The van der Waals surface area contributed by atoms with Crippen LogP contribution in [0.2, 0.25) is 0 Å². The van der Waals surface area contributed by atoms with Crippen molar-refractivity contribution in [1.29, 1.82) is 0 Å². The highest BCUT2D eigenvalue weighted by Gasteiger charge is 2.29. The predicted molar refractivity (Wildman–Crippen MR) is 111 cm³/mol. The van der Waals surface area contributed by atoms with Crippen molar-refractivity contribution in [2.24, 2.45) is 0 Å². The molecule has 150 valence electrons. The molecule has 3 aromatic carbocycles. The molecule has 0 saturated carbocycles. The molecule has 0 aromatic heterocycles. The molecule has 0 aliphatic rings. The van der Waals surface area contributed by atoms with Crippen LogP contribution in [0.3, 0.4) is 0 Å². The summed E-state index contributed by atoms with van der Waals surface area (Å²) >= 11 is 0. The molecular formula is C21H20N2O5S. The van der Waals surface area contributed by atoms with E-state index in [9.17, 15) is 18.5 Å². The fourth-order valence-corrected chi connectivity index (χ4v) is 4.71. The van der Waals surface area contributed by atoms with E-state index in [4.69, 9.17) is 4.74 Å². The van der Waals surface area contributed by atoms with Crippen LogP contribution in [0.4, 0.5) is 11.4 Å². The van der Waals surface area contributed by atoms with Crippen molar-refractivity contribution in [1.82, 2.24) is 0 Å². The van der Waals surface area contributed by atoms with Crippen LogP contribution in [0.5, 0.6) is 5.75 Å². The van der Waals surface area contributed by atoms with Gasteiger partial charge in [-0.3, -0.25) is 14.4 Å². The number of hydrogen-bond donors (Lipinski definition) is 0. The minimum absolute atomic E-state index is 0.0810. The Labute approximate surface area is 169 Å². The average Bonchev–Trinajstić information content (AvgIpc) is 2.72. The van der Waals surface area contributed by atoms with Gasteiger partial charge in [-0.25, -0.2) is 8.42 Å². The highest BCUT2D eigenvalue weighted by atomic mass is 32.2. The standard InChI is InChI=1S/C21H20N2O5S/c1-16-20(23(24)25)9-6-10-21(16)29(26,27)22(15-17-7-4-3-5-8-17)18-11-13-19(28-2)14-12-18/h3-14H,15H2,1-2H3. The van der Waals surface area contributed by atoms with Crippen molar-refractivity contribution in [2.75, 3.05) is 11.4 Å². The number of anilines is 1. The third kappa shape index (κ3) is 4.22. The second-order valence-corrected chi connectivity index (χ2v) is 8.18. The lowest BCUT2D eigenvalue weighted by molar-refractivity contribution is -0.385. The van der Waals surface area contributed by atoms with E-state index >= 15 is 0 Å². The van der Waals surface area contributed by atoms with Crippen molar-refractivity contribution in [2.45, 2.75) is 18.4 Å². The maximum absolute atomic E-state index is 13.6. The molecule has 8 heteroatoms. The van der Waals surface area contributed by atoms with E-state index < -0.39 is 14.9 Å². The second-order valence-electron chi connectivity index (χ2n) is 6.35. The van der Waals surface area contributed by atoms with Gasteiger partial charge in [0.2, 0.25) is 0 Å². The maximum Gasteiger partial charge on any atom is 0.273 e. The van der Waals surface area contributed by atoms with E-state index in [1.165, 1.54) is 36.5 Å². The minimum Gasteiger partial charge on any atom is -0.497 e. The van der Waals surface area contributed by atoms with E-state index in [1.807, 2.05) is 30.3 Å². The number of sulfonamides is 1. The zero-order valence-electron chi connectivity index (χ0n) is 16.0. The number of methoxy groups -OCH3 is 1. The predicted octanol–water partition coefficient (Wildman–Crippen LogP) is 4.31. The second kappa shape index (κ2) is 8.32. The van der Waals surface area contributed by atoms with E-state index in [0.717, 1.165) is 5.56 Å². The van der Waals surface area contributed by atoms with Crippen LogP contribution in [0.25, 0.3) is 0 Å². The lowest BCUT2D eigenvalue weighted by Gasteiger charge is -2.25. The molecule has 7 nitrogen and oxygen atoms in total. The smallest absolute Gasteiger partial charge is 0.273 e.